The number of hydrogen-bond donors (Lipinski definition) is 0. The maximum absolute atomic E-state index is 12.6. The lowest BCUT2D eigenvalue weighted by atomic mass is 10.2. The second kappa shape index (κ2) is 5.77. The molecule has 0 atom stereocenters. The van der Waals surface area contributed by atoms with E-state index < -0.39 is 18.0 Å². The number of carbonyl (C=O) groups is 1. The van der Waals surface area contributed by atoms with Crippen LogP contribution < -0.4 is 4.74 Å². The summed E-state index contributed by atoms with van der Waals surface area (Å²) < 4.78 is 34.3. The summed E-state index contributed by atoms with van der Waals surface area (Å²) in [6.07, 6.45) is -2.95. The molecule has 0 unspecified atom stereocenters. The van der Waals surface area contributed by atoms with Gasteiger partial charge < -0.3 is 9.47 Å². The number of carbonyl (C=O) groups excluding carboxylic acids is 1. The van der Waals surface area contributed by atoms with Gasteiger partial charge >= 0.3 is 5.97 Å². The van der Waals surface area contributed by atoms with E-state index in [4.69, 9.17) is 16.3 Å². The number of esters is 1. The van der Waals surface area contributed by atoms with E-state index in [1.54, 1.807) is 0 Å². The molecule has 0 bridgehead atoms. The smallest absolute Gasteiger partial charge is 0.311 e. The van der Waals surface area contributed by atoms with Crippen LogP contribution in [0.4, 0.5) is 8.78 Å². The zero-order valence-electron chi connectivity index (χ0n) is 9.17. The van der Waals surface area contributed by atoms with Crippen molar-refractivity contribution in [3.8, 4) is 5.88 Å². The lowest BCUT2D eigenvalue weighted by molar-refractivity contribution is -0.139. The predicted octanol–water partition coefficient (Wildman–Crippen LogP) is 2.40. The Morgan fingerprint density at radius 1 is 1.53 bits per heavy atom. The number of rotatable bonds is 4. The fraction of sp³-hybridized carbons (Fsp3) is 0.400. The number of methoxy groups -OCH3 is 2. The van der Waals surface area contributed by atoms with Crippen LogP contribution in [0.25, 0.3) is 0 Å². The van der Waals surface area contributed by atoms with E-state index in [9.17, 15) is 13.6 Å². The van der Waals surface area contributed by atoms with Crippen LogP contribution in [-0.4, -0.2) is 25.2 Å². The molecule has 0 saturated carbocycles. The largest absolute Gasteiger partial charge is 0.481 e. The molecule has 1 rings (SSSR count). The van der Waals surface area contributed by atoms with Crippen molar-refractivity contribution in [1.82, 2.24) is 4.98 Å². The second-order valence-corrected chi connectivity index (χ2v) is 3.48. The van der Waals surface area contributed by atoms with Crippen LogP contribution in [0.2, 0.25) is 5.02 Å². The Bertz CT molecular complexity index is 426. The summed E-state index contributed by atoms with van der Waals surface area (Å²) in [5.41, 5.74) is -0.272. The highest BCUT2D eigenvalue weighted by Gasteiger charge is 2.19. The van der Waals surface area contributed by atoms with Crippen molar-refractivity contribution in [1.29, 1.82) is 0 Å². The molecule has 7 heteroatoms. The first-order valence-corrected chi connectivity index (χ1v) is 4.95. The third-order valence-electron chi connectivity index (χ3n) is 2.01. The highest BCUT2D eigenvalue weighted by Crippen LogP contribution is 2.31. The van der Waals surface area contributed by atoms with Gasteiger partial charge in [-0.3, -0.25) is 4.79 Å². The summed E-state index contributed by atoms with van der Waals surface area (Å²) in [5.74, 6) is -0.811. The second-order valence-electron chi connectivity index (χ2n) is 3.07. The van der Waals surface area contributed by atoms with Crippen LogP contribution in [0.1, 0.15) is 17.7 Å². The molecule has 0 radical (unpaired) electrons. The molecule has 0 aliphatic rings. The molecule has 0 spiro atoms. The number of ether oxygens (including phenoxy) is 2. The maximum Gasteiger partial charge on any atom is 0.311 e. The minimum Gasteiger partial charge on any atom is -0.481 e. The predicted molar refractivity (Wildman–Crippen MR) is 56.5 cm³/mol. The van der Waals surface area contributed by atoms with Crippen molar-refractivity contribution in [2.75, 3.05) is 14.2 Å². The zero-order valence-corrected chi connectivity index (χ0v) is 9.92. The average molecular weight is 266 g/mol. The molecular weight excluding hydrogens is 256 g/mol. The van der Waals surface area contributed by atoms with Gasteiger partial charge in [0.2, 0.25) is 5.88 Å². The van der Waals surface area contributed by atoms with Crippen molar-refractivity contribution in [3.05, 3.63) is 22.3 Å². The Morgan fingerprint density at radius 3 is 2.65 bits per heavy atom. The molecule has 0 aliphatic carbocycles. The highest BCUT2D eigenvalue weighted by molar-refractivity contribution is 6.31. The van der Waals surface area contributed by atoms with Gasteiger partial charge in [-0.2, -0.15) is 0 Å². The molecule has 0 aromatic carbocycles. The van der Waals surface area contributed by atoms with Crippen LogP contribution in [0.15, 0.2) is 6.07 Å². The number of pyridine rings is 1. The van der Waals surface area contributed by atoms with Crippen LogP contribution in [0.3, 0.4) is 0 Å². The Morgan fingerprint density at radius 2 is 2.18 bits per heavy atom. The first-order chi connectivity index (χ1) is 7.99. The monoisotopic (exact) mass is 265 g/mol. The Balaban J connectivity index is 3.13. The fourth-order valence-electron chi connectivity index (χ4n) is 1.17. The van der Waals surface area contributed by atoms with Gasteiger partial charge in [0.15, 0.2) is 0 Å². The molecule has 0 fully saturated rings. The number of nitrogens with zero attached hydrogens (tertiary/aromatic N) is 1. The maximum atomic E-state index is 12.6. The van der Waals surface area contributed by atoms with Crippen LogP contribution in [0, 0.1) is 0 Å². The number of halogens is 3. The molecule has 4 nitrogen and oxygen atoms in total. The van der Waals surface area contributed by atoms with Crippen LogP contribution in [-0.2, 0) is 16.0 Å². The summed E-state index contributed by atoms with van der Waals surface area (Å²) in [4.78, 5) is 14.8. The van der Waals surface area contributed by atoms with Crippen molar-refractivity contribution in [3.63, 3.8) is 0 Å². The molecule has 0 saturated heterocycles. The molecule has 1 aromatic rings. The molecule has 0 N–H and O–H groups in total. The molecule has 94 valence electrons. The number of aromatic nitrogens is 1. The quantitative estimate of drug-likeness (QED) is 0.785. The van der Waals surface area contributed by atoms with E-state index in [1.807, 2.05) is 0 Å². The first-order valence-electron chi connectivity index (χ1n) is 4.57. The van der Waals surface area contributed by atoms with Gasteiger partial charge in [-0.05, 0) is 6.07 Å². The van der Waals surface area contributed by atoms with Crippen LogP contribution in [0.5, 0.6) is 5.88 Å². The van der Waals surface area contributed by atoms with Crippen molar-refractivity contribution in [2.45, 2.75) is 12.8 Å². The minimum absolute atomic E-state index is 0.0218. The fourth-order valence-corrected chi connectivity index (χ4v) is 1.40. The van der Waals surface area contributed by atoms with Crippen molar-refractivity contribution >= 4 is 17.6 Å². The molecular formula is C10H10ClF2NO3. The third-order valence-corrected chi connectivity index (χ3v) is 2.34. The van der Waals surface area contributed by atoms with E-state index in [1.165, 1.54) is 14.2 Å². The normalized spacial score (nSPS) is 10.5. The summed E-state index contributed by atoms with van der Waals surface area (Å²) in [6.45, 7) is 0. The van der Waals surface area contributed by atoms with Gasteiger partial charge in [0, 0.05) is 0 Å². The molecule has 1 aromatic heterocycles. The van der Waals surface area contributed by atoms with E-state index in [2.05, 4.69) is 9.72 Å². The molecule has 0 amide bonds. The standard InChI is InChI=1S/C10H10ClF2NO3/c1-16-8(15)4-7-6(11)3-5(9(12)13)10(14-7)17-2/h3,9H,4H2,1-2H3. The van der Waals surface area contributed by atoms with E-state index >= 15 is 0 Å². The van der Waals surface area contributed by atoms with Gasteiger partial charge in [0.25, 0.3) is 6.43 Å². The SMILES string of the molecule is COC(=O)Cc1nc(OC)c(C(F)F)cc1Cl. The van der Waals surface area contributed by atoms with E-state index in [0.717, 1.165) is 6.07 Å². The van der Waals surface area contributed by atoms with Crippen molar-refractivity contribution in [2.24, 2.45) is 0 Å². The topological polar surface area (TPSA) is 48.4 Å². The lowest BCUT2D eigenvalue weighted by Crippen LogP contribution is -2.08. The third kappa shape index (κ3) is 3.26. The molecule has 1 heterocycles. The zero-order chi connectivity index (χ0) is 13.0. The van der Waals surface area contributed by atoms with Gasteiger partial charge in [-0.25, -0.2) is 13.8 Å². The Kier molecular flexibility index (Phi) is 4.62. The van der Waals surface area contributed by atoms with Gasteiger partial charge in [-0.1, -0.05) is 11.6 Å². The van der Waals surface area contributed by atoms with Crippen LogP contribution >= 0.6 is 11.6 Å². The Hall–Kier alpha value is -1.43. The Labute approximate surface area is 101 Å². The summed E-state index contributed by atoms with van der Waals surface area (Å²) in [5, 5.41) is -0.0218. The van der Waals surface area contributed by atoms with Gasteiger partial charge in [-0.15, -0.1) is 0 Å². The van der Waals surface area contributed by atoms with E-state index in [0.29, 0.717) is 0 Å². The summed E-state index contributed by atoms with van der Waals surface area (Å²) >= 11 is 5.74. The summed E-state index contributed by atoms with van der Waals surface area (Å²) in [6, 6.07) is 1.04. The molecule has 0 aliphatic heterocycles. The van der Waals surface area contributed by atoms with Crippen molar-refractivity contribution < 1.29 is 23.0 Å². The number of alkyl halides is 2. The lowest BCUT2D eigenvalue weighted by Gasteiger charge is -2.10. The first kappa shape index (κ1) is 13.6. The van der Waals surface area contributed by atoms with Gasteiger partial charge in [0.05, 0.1) is 36.9 Å². The van der Waals surface area contributed by atoms with Gasteiger partial charge in [0.1, 0.15) is 0 Å². The molecule has 17 heavy (non-hydrogen) atoms. The highest BCUT2D eigenvalue weighted by atomic mass is 35.5. The number of hydrogen-bond acceptors (Lipinski definition) is 4. The minimum atomic E-state index is -2.75. The van der Waals surface area contributed by atoms with E-state index in [-0.39, 0.29) is 23.0 Å². The summed E-state index contributed by atoms with van der Waals surface area (Å²) in [7, 11) is 2.42. The average Bonchev–Trinajstić information content (AvgIpc) is 2.30.